The van der Waals surface area contributed by atoms with Crippen LogP contribution in [0.3, 0.4) is 0 Å². The van der Waals surface area contributed by atoms with Gasteiger partial charge >= 0.3 is 0 Å². The van der Waals surface area contributed by atoms with E-state index < -0.39 is 0 Å². The number of nitrogens with zero attached hydrogens (tertiary/aromatic N) is 4. The summed E-state index contributed by atoms with van der Waals surface area (Å²) < 4.78 is 10.6. The lowest BCUT2D eigenvalue weighted by Gasteiger charge is -2.41. The predicted molar refractivity (Wildman–Crippen MR) is 96.4 cm³/mol. The van der Waals surface area contributed by atoms with Crippen LogP contribution in [0.5, 0.6) is 0 Å². The molecule has 1 atom stereocenters. The van der Waals surface area contributed by atoms with Crippen molar-refractivity contribution in [3.05, 3.63) is 47.4 Å². The van der Waals surface area contributed by atoms with E-state index in [9.17, 15) is 5.11 Å². The maximum Gasteiger partial charge on any atom is 0.139 e. The molecule has 1 N–H and O–H groups in total. The average Bonchev–Trinajstić information content (AvgIpc) is 3.27. The molecule has 7 heteroatoms. The number of hydrogen-bond donors (Lipinski definition) is 1. The van der Waals surface area contributed by atoms with Crippen molar-refractivity contribution in [1.82, 2.24) is 20.1 Å². The molecular weight excluding hydrogens is 332 g/mol. The number of piperazine rings is 1. The Balaban J connectivity index is 1.44. The molecule has 1 aliphatic rings. The monoisotopic (exact) mass is 356 g/mol. The number of fused-ring (bicyclic) bond motifs is 1. The van der Waals surface area contributed by atoms with Gasteiger partial charge < -0.3 is 9.52 Å². The first kappa shape index (κ1) is 17.2. The third-order valence-corrected chi connectivity index (χ3v) is 5.07. The van der Waals surface area contributed by atoms with Crippen molar-refractivity contribution < 1.29 is 14.2 Å². The summed E-state index contributed by atoms with van der Waals surface area (Å²) in [5, 5.41) is 17.5. The van der Waals surface area contributed by atoms with Crippen molar-refractivity contribution in [3.63, 3.8) is 0 Å². The van der Waals surface area contributed by atoms with Crippen molar-refractivity contribution in [2.75, 3.05) is 26.2 Å². The Hall–Kier alpha value is -2.22. The minimum absolute atomic E-state index is 0.189. The fourth-order valence-corrected chi connectivity index (χ4v) is 3.73. The zero-order chi connectivity index (χ0) is 17.9. The summed E-state index contributed by atoms with van der Waals surface area (Å²) >= 11 is 0. The number of aliphatic hydroxyl groups is 1. The van der Waals surface area contributed by atoms with E-state index in [2.05, 4.69) is 26.2 Å². The fraction of sp³-hybridized carbons (Fsp3) is 0.474. The molecule has 138 valence electrons. The maximum atomic E-state index is 9.50. The third kappa shape index (κ3) is 3.65. The highest BCUT2D eigenvalue weighted by Gasteiger charge is 2.27. The molecule has 1 aliphatic heterocycles. The van der Waals surface area contributed by atoms with E-state index in [0.29, 0.717) is 6.04 Å². The maximum absolute atomic E-state index is 9.50. The van der Waals surface area contributed by atoms with Crippen molar-refractivity contribution in [2.45, 2.75) is 32.5 Å². The van der Waals surface area contributed by atoms with Crippen molar-refractivity contribution in [2.24, 2.45) is 0 Å². The predicted octanol–water partition coefficient (Wildman–Crippen LogP) is 2.19. The molecule has 4 rings (SSSR count). The quantitative estimate of drug-likeness (QED) is 0.725. The lowest BCUT2D eigenvalue weighted by molar-refractivity contribution is 0.0455. The zero-order valence-corrected chi connectivity index (χ0v) is 15.0. The lowest BCUT2D eigenvalue weighted by Crippen LogP contribution is -2.52. The molecule has 0 amide bonds. The minimum atomic E-state index is 0.189. The summed E-state index contributed by atoms with van der Waals surface area (Å²) in [6.45, 7) is 6.56. The molecule has 0 spiro atoms. The highest BCUT2D eigenvalue weighted by Crippen LogP contribution is 2.21. The molecule has 2 aromatic heterocycles. The van der Waals surface area contributed by atoms with Gasteiger partial charge in [0.15, 0.2) is 0 Å². The summed E-state index contributed by atoms with van der Waals surface area (Å²) in [5.41, 5.74) is 2.75. The Bertz CT molecular complexity index is 859. The van der Waals surface area contributed by atoms with Gasteiger partial charge in [-0.2, -0.15) is 0 Å². The molecule has 0 saturated carbocycles. The Kier molecular flexibility index (Phi) is 5.01. The SMILES string of the molecule is Cc1ccc(CN2CCN(Cc3cccc4nonc34)C[C@H]2CCO)o1. The Morgan fingerprint density at radius 3 is 2.88 bits per heavy atom. The van der Waals surface area contributed by atoms with Gasteiger partial charge in [0.2, 0.25) is 0 Å². The second-order valence-electron chi connectivity index (χ2n) is 6.93. The topological polar surface area (TPSA) is 78.8 Å². The number of hydrogen-bond acceptors (Lipinski definition) is 7. The van der Waals surface area contributed by atoms with E-state index in [1.807, 2.05) is 31.2 Å². The van der Waals surface area contributed by atoms with Crippen LogP contribution in [0, 0.1) is 6.92 Å². The number of aliphatic hydroxyl groups excluding tert-OH is 1. The van der Waals surface area contributed by atoms with Crippen LogP contribution in [0.1, 0.15) is 23.5 Å². The van der Waals surface area contributed by atoms with Crippen LogP contribution in [0.25, 0.3) is 11.0 Å². The molecule has 0 aliphatic carbocycles. The molecular formula is C19H24N4O3. The Labute approximate surface area is 152 Å². The molecule has 0 radical (unpaired) electrons. The molecule has 3 heterocycles. The molecule has 1 aromatic carbocycles. The first-order valence-corrected chi connectivity index (χ1v) is 9.05. The van der Waals surface area contributed by atoms with E-state index in [4.69, 9.17) is 9.05 Å². The molecule has 1 fully saturated rings. The first-order valence-electron chi connectivity index (χ1n) is 9.05. The van der Waals surface area contributed by atoms with E-state index in [1.165, 1.54) is 0 Å². The van der Waals surface area contributed by atoms with Crippen molar-refractivity contribution in [3.8, 4) is 0 Å². The fourth-order valence-electron chi connectivity index (χ4n) is 3.73. The van der Waals surface area contributed by atoms with Gasteiger partial charge in [0, 0.05) is 38.8 Å². The summed E-state index contributed by atoms with van der Waals surface area (Å²) in [4.78, 5) is 4.82. The standard InChI is InChI=1S/C19H24N4O3/c1-14-5-6-17(25-14)13-23-9-8-22(12-16(23)7-10-24)11-15-3-2-4-18-19(15)21-26-20-18/h2-6,16,24H,7-13H2,1H3/t16-/m1/s1. The van der Waals surface area contributed by atoms with Crippen LogP contribution in [0.4, 0.5) is 0 Å². The summed E-state index contributed by atoms with van der Waals surface area (Å²) in [7, 11) is 0. The molecule has 0 unspecified atom stereocenters. The molecule has 3 aromatic rings. The van der Waals surface area contributed by atoms with Crippen LogP contribution in [0.2, 0.25) is 0 Å². The van der Waals surface area contributed by atoms with Gasteiger partial charge in [0.05, 0.1) is 6.54 Å². The summed E-state index contributed by atoms with van der Waals surface area (Å²) in [6, 6.07) is 10.3. The number of rotatable bonds is 6. The van der Waals surface area contributed by atoms with E-state index in [1.54, 1.807) is 0 Å². The average molecular weight is 356 g/mol. The van der Waals surface area contributed by atoms with Crippen LogP contribution < -0.4 is 0 Å². The third-order valence-electron chi connectivity index (χ3n) is 5.07. The van der Waals surface area contributed by atoms with Gasteiger partial charge in [-0.15, -0.1) is 0 Å². The van der Waals surface area contributed by atoms with E-state index >= 15 is 0 Å². The van der Waals surface area contributed by atoms with Crippen molar-refractivity contribution in [1.29, 1.82) is 0 Å². The normalized spacial score (nSPS) is 19.4. The number of aromatic nitrogens is 2. The lowest BCUT2D eigenvalue weighted by atomic mass is 10.1. The summed E-state index contributed by atoms with van der Waals surface area (Å²) in [6.07, 6.45) is 0.756. The van der Waals surface area contributed by atoms with Gasteiger partial charge in [-0.25, -0.2) is 4.63 Å². The van der Waals surface area contributed by atoms with Crippen LogP contribution in [-0.4, -0.2) is 57.5 Å². The van der Waals surface area contributed by atoms with Gasteiger partial charge in [0.25, 0.3) is 0 Å². The smallest absolute Gasteiger partial charge is 0.139 e. The summed E-state index contributed by atoms with van der Waals surface area (Å²) in [5.74, 6) is 1.92. The zero-order valence-electron chi connectivity index (χ0n) is 15.0. The van der Waals surface area contributed by atoms with Crippen LogP contribution in [-0.2, 0) is 13.1 Å². The number of aryl methyl sites for hydroxylation is 1. The van der Waals surface area contributed by atoms with Gasteiger partial charge in [-0.05, 0) is 47.4 Å². The second kappa shape index (κ2) is 7.57. The Morgan fingerprint density at radius 2 is 2.08 bits per heavy atom. The highest BCUT2D eigenvalue weighted by atomic mass is 16.6. The molecule has 1 saturated heterocycles. The van der Waals surface area contributed by atoms with Crippen molar-refractivity contribution >= 4 is 11.0 Å². The highest BCUT2D eigenvalue weighted by molar-refractivity contribution is 5.76. The van der Waals surface area contributed by atoms with Gasteiger partial charge in [0.1, 0.15) is 22.6 Å². The second-order valence-corrected chi connectivity index (χ2v) is 6.93. The van der Waals surface area contributed by atoms with Gasteiger partial charge in [-0.1, -0.05) is 12.1 Å². The first-order chi connectivity index (χ1) is 12.7. The van der Waals surface area contributed by atoms with E-state index in [0.717, 1.165) is 67.3 Å². The number of benzene rings is 1. The molecule has 7 nitrogen and oxygen atoms in total. The molecule has 0 bridgehead atoms. The van der Waals surface area contributed by atoms with Crippen LogP contribution >= 0.6 is 0 Å². The Morgan fingerprint density at radius 1 is 1.15 bits per heavy atom. The molecule has 26 heavy (non-hydrogen) atoms. The largest absolute Gasteiger partial charge is 0.465 e. The van der Waals surface area contributed by atoms with Gasteiger partial charge in [-0.3, -0.25) is 9.80 Å². The van der Waals surface area contributed by atoms with Crippen LogP contribution in [0.15, 0.2) is 39.4 Å². The minimum Gasteiger partial charge on any atom is -0.465 e. The number of furan rings is 1. The van der Waals surface area contributed by atoms with E-state index in [-0.39, 0.29) is 6.61 Å².